The van der Waals surface area contributed by atoms with Gasteiger partial charge >= 0.3 is 0 Å². The summed E-state index contributed by atoms with van der Waals surface area (Å²) >= 11 is 0. The van der Waals surface area contributed by atoms with Crippen molar-refractivity contribution in [2.24, 2.45) is 5.73 Å². The maximum atomic E-state index is 5.69. The van der Waals surface area contributed by atoms with Crippen molar-refractivity contribution in [2.75, 3.05) is 19.8 Å². The minimum absolute atomic E-state index is 0.418. The highest BCUT2D eigenvalue weighted by molar-refractivity contribution is 5.55. The summed E-state index contributed by atoms with van der Waals surface area (Å²) in [7, 11) is 0. The van der Waals surface area contributed by atoms with Crippen LogP contribution in [-0.2, 0) is 6.54 Å². The Morgan fingerprint density at radius 2 is 1.47 bits per heavy atom. The first-order chi connectivity index (χ1) is 8.28. The molecule has 0 aromatic heterocycles. The zero-order chi connectivity index (χ0) is 12.7. The molecule has 1 aromatic rings. The molecule has 0 spiro atoms. The lowest BCUT2D eigenvalue weighted by Crippen LogP contribution is -2.07. The topological polar surface area (TPSA) is 53.7 Å². The van der Waals surface area contributed by atoms with E-state index in [0.717, 1.165) is 5.56 Å². The summed E-state index contributed by atoms with van der Waals surface area (Å²) in [6, 6.07) is 3.79. The fourth-order valence-electron chi connectivity index (χ4n) is 1.60. The zero-order valence-electron chi connectivity index (χ0n) is 10.8. The number of nitrogens with two attached hydrogens (primary N) is 1. The van der Waals surface area contributed by atoms with Gasteiger partial charge in [0, 0.05) is 12.1 Å². The lowest BCUT2D eigenvalue weighted by atomic mass is 10.1. The smallest absolute Gasteiger partial charge is 0.203 e. The molecule has 0 aliphatic heterocycles. The van der Waals surface area contributed by atoms with Gasteiger partial charge in [-0.2, -0.15) is 0 Å². The molecule has 0 aliphatic rings. The van der Waals surface area contributed by atoms with E-state index in [1.54, 1.807) is 0 Å². The van der Waals surface area contributed by atoms with E-state index in [2.05, 4.69) is 0 Å². The first kappa shape index (κ1) is 13.6. The highest BCUT2D eigenvalue weighted by atomic mass is 16.5. The minimum Gasteiger partial charge on any atom is -0.490 e. The lowest BCUT2D eigenvalue weighted by Gasteiger charge is -2.17. The van der Waals surface area contributed by atoms with Crippen molar-refractivity contribution >= 4 is 0 Å². The second-order valence-corrected chi connectivity index (χ2v) is 3.38. The average molecular weight is 239 g/mol. The standard InChI is InChI=1S/C13H21NO3/c1-4-15-11-8-7-10(9-14)12(16-5-2)13(11)17-6-3/h7-8H,4-6,9,14H2,1-3H3. The van der Waals surface area contributed by atoms with Gasteiger partial charge in [0.15, 0.2) is 11.5 Å². The van der Waals surface area contributed by atoms with Crippen LogP contribution in [0, 0.1) is 0 Å². The van der Waals surface area contributed by atoms with E-state index in [9.17, 15) is 0 Å². The van der Waals surface area contributed by atoms with Crippen LogP contribution in [0.3, 0.4) is 0 Å². The number of ether oxygens (including phenoxy) is 3. The highest BCUT2D eigenvalue weighted by Gasteiger charge is 2.16. The van der Waals surface area contributed by atoms with Crippen LogP contribution < -0.4 is 19.9 Å². The molecular weight excluding hydrogens is 218 g/mol. The number of hydrogen-bond acceptors (Lipinski definition) is 4. The van der Waals surface area contributed by atoms with Crippen molar-refractivity contribution in [1.29, 1.82) is 0 Å². The summed E-state index contributed by atoms with van der Waals surface area (Å²) < 4.78 is 16.8. The predicted octanol–water partition coefficient (Wildman–Crippen LogP) is 2.34. The average Bonchev–Trinajstić information content (AvgIpc) is 2.34. The van der Waals surface area contributed by atoms with Crippen LogP contribution >= 0.6 is 0 Å². The van der Waals surface area contributed by atoms with Gasteiger partial charge in [0.1, 0.15) is 0 Å². The number of benzene rings is 1. The minimum atomic E-state index is 0.418. The third-order valence-electron chi connectivity index (χ3n) is 2.25. The maximum absolute atomic E-state index is 5.69. The summed E-state index contributed by atoms with van der Waals surface area (Å²) in [5, 5.41) is 0. The van der Waals surface area contributed by atoms with Gasteiger partial charge in [-0.25, -0.2) is 0 Å². The van der Waals surface area contributed by atoms with Gasteiger partial charge < -0.3 is 19.9 Å². The van der Waals surface area contributed by atoms with E-state index in [1.807, 2.05) is 32.9 Å². The fraction of sp³-hybridized carbons (Fsp3) is 0.538. The Balaban J connectivity index is 3.20. The molecule has 0 fully saturated rings. The van der Waals surface area contributed by atoms with Crippen molar-refractivity contribution in [3.63, 3.8) is 0 Å². The van der Waals surface area contributed by atoms with Crippen LogP contribution in [0.25, 0.3) is 0 Å². The maximum Gasteiger partial charge on any atom is 0.203 e. The van der Waals surface area contributed by atoms with Crippen LogP contribution in [0.4, 0.5) is 0 Å². The molecule has 0 saturated carbocycles. The first-order valence-electron chi connectivity index (χ1n) is 6.02. The third-order valence-corrected chi connectivity index (χ3v) is 2.25. The van der Waals surface area contributed by atoms with Crippen molar-refractivity contribution in [2.45, 2.75) is 27.3 Å². The number of rotatable bonds is 7. The normalized spacial score (nSPS) is 10.1. The fourth-order valence-corrected chi connectivity index (χ4v) is 1.60. The molecule has 0 aliphatic carbocycles. The van der Waals surface area contributed by atoms with E-state index in [4.69, 9.17) is 19.9 Å². The molecule has 4 nitrogen and oxygen atoms in total. The molecule has 0 heterocycles. The molecule has 0 amide bonds. The molecular formula is C13H21NO3. The van der Waals surface area contributed by atoms with Gasteiger partial charge in [0.25, 0.3) is 0 Å². The van der Waals surface area contributed by atoms with Gasteiger partial charge in [0.2, 0.25) is 5.75 Å². The van der Waals surface area contributed by atoms with Crippen molar-refractivity contribution in [3.8, 4) is 17.2 Å². The third kappa shape index (κ3) is 3.27. The molecule has 4 heteroatoms. The molecule has 0 radical (unpaired) electrons. The van der Waals surface area contributed by atoms with Gasteiger partial charge in [-0.3, -0.25) is 0 Å². The monoisotopic (exact) mass is 239 g/mol. The highest BCUT2D eigenvalue weighted by Crippen LogP contribution is 2.40. The molecule has 1 aromatic carbocycles. The van der Waals surface area contributed by atoms with E-state index >= 15 is 0 Å². The summed E-state index contributed by atoms with van der Waals surface area (Å²) in [6.45, 7) is 7.95. The predicted molar refractivity (Wildman–Crippen MR) is 67.8 cm³/mol. The van der Waals surface area contributed by atoms with Crippen LogP contribution in [0.1, 0.15) is 26.3 Å². The Morgan fingerprint density at radius 3 is 2.00 bits per heavy atom. The van der Waals surface area contributed by atoms with Crippen molar-refractivity contribution < 1.29 is 14.2 Å². The Hall–Kier alpha value is -1.42. The molecule has 0 saturated heterocycles. The van der Waals surface area contributed by atoms with Gasteiger partial charge in [-0.15, -0.1) is 0 Å². The second kappa shape index (κ2) is 7.01. The molecule has 0 atom stereocenters. The largest absolute Gasteiger partial charge is 0.490 e. The molecule has 96 valence electrons. The quantitative estimate of drug-likeness (QED) is 0.793. The summed E-state index contributed by atoms with van der Waals surface area (Å²) in [5.41, 5.74) is 6.62. The van der Waals surface area contributed by atoms with E-state index in [-0.39, 0.29) is 0 Å². The SMILES string of the molecule is CCOc1ccc(CN)c(OCC)c1OCC. The van der Waals surface area contributed by atoms with E-state index in [0.29, 0.717) is 43.6 Å². The molecule has 17 heavy (non-hydrogen) atoms. The molecule has 2 N–H and O–H groups in total. The van der Waals surface area contributed by atoms with Gasteiger partial charge in [-0.05, 0) is 26.8 Å². The van der Waals surface area contributed by atoms with Gasteiger partial charge in [0.05, 0.1) is 19.8 Å². The van der Waals surface area contributed by atoms with Crippen LogP contribution in [-0.4, -0.2) is 19.8 Å². The van der Waals surface area contributed by atoms with Gasteiger partial charge in [-0.1, -0.05) is 6.07 Å². The summed E-state index contributed by atoms with van der Waals surface area (Å²) in [5.74, 6) is 2.05. The lowest BCUT2D eigenvalue weighted by molar-refractivity contribution is 0.259. The van der Waals surface area contributed by atoms with Crippen molar-refractivity contribution in [1.82, 2.24) is 0 Å². The Morgan fingerprint density at radius 1 is 0.882 bits per heavy atom. The molecule has 0 unspecified atom stereocenters. The second-order valence-electron chi connectivity index (χ2n) is 3.38. The molecule has 1 rings (SSSR count). The molecule has 0 bridgehead atoms. The Bertz CT molecular complexity index is 353. The van der Waals surface area contributed by atoms with E-state index < -0.39 is 0 Å². The summed E-state index contributed by atoms with van der Waals surface area (Å²) in [6.07, 6.45) is 0. The van der Waals surface area contributed by atoms with E-state index in [1.165, 1.54) is 0 Å². The zero-order valence-corrected chi connectivity index (χ0v) is 10.8. The summed E-state index contributed by atoms with van der Waals surface area (Å²) in [4.78, 5) is 0. The van der Waals surface area contributed by atoms with Crippen LogP contribution in [0.5, 0.6) is 17.2 Å². The Labute approximate surface area is 103 Å². The van der Waals surface area contributed by atoms with Crippen LogP contribution in [0.15, 0.2) is 12.1 Å². The van der Waals surface area contributed by atoms with Crippen LogP contribution in [0.2, 0.25) is 0 Å². The Kier molecular flexibility index (Phi) is 5.63. The first-order valence-corrected chi connectivity index (χ1v) is 6.02. The van der Waals surface area contributed by atoms with Crippen molar-refractivity contribution in [3.05, 3.63) is 17.7 Å². The number of hydrogen-bond donors (Lipinski definition) is 1.